The molecule has 0 unspecified atom stereocenters. The van der Waals surface area contributed by atoms with Crippen LogP contribution in [0.25, 0.3) is 0 Å². The first-order valence-electron chi connectivity index (χ1n) is 5.50. The number of rotatable bonds is 4. The summed E-state index contributed by atoms with van der Waals surface area (Å²) in [5.41, 5.74) is 6.06. The lowest BCUT2D eigenvalue weighted by Crippen LogP contribution is -2.42. The van der Waals surface area contributed by atoms with Gasteiger partial charge in [0.1, 0.15) is 18.0 Å². The summed E-state index contributed by atoms with van der Waals surface area (Å²) in [6.07, 6.45) is 8.02. The van der Waals surface area contributed by atoms with Crippen LogP contribution in [-0.4, -0.2) is 28.4 Å². The summed E-state index contributed by atoms with van der Waals surface area (Å²) in [6.45, 7) is 0.553. The van der Waals surface area contributed by atoms with E-state index in [1.165, 1.54) is 19.2 Å². The number of nitrogens with zero attached hydrogens (tertiary/aromatic N) is 2. The van der Waals surface area contributed by atoms with E-state index in [0.717, 1.165) is 17.9 Å². The minimum atomic E-state index is -0.148. The third-order valence-corrected chi connectivity index (χ3v) is 3.57. The second-order valence-electron chi connectivity index (χ2n) is 4.26. The standard InChI is InChI=1S/C11H17N3OS/c1-16-10-6-9(13-8-14-10)15-7-11(12)4-2-3-5-11/h6,8H,2-5,7,12H2,1H3. The van der Waals surface area contributed by atoms with Gasteiger partial charge in [-0.15, -0.1) is 11.8 Å². The van der Waals surface area contributed by atoms with Gasteiger partial charge < -0.3 is 10.5 Å². The third-order valence-electron chi connectivity index (χ3n) is 2.93. The third kappa shape index (κ3) is 2.86. The van der Waals surface area contributed by atoms with Crippen molar-refractivity contribution in [3.63, 3.8) is 0 Å². The maximum atomic E-state index is 6.20. The molecular formula is C11H17N3OS. The fraction of sp³-hybridized carbons (Fsp3) is 0.636. The Kier molecular flexibility index (Phi) is 3.66. The molecule has 0 aromatic carbocycles. The topological polar surface area (TPSA) is 61.0 Å². The Morgan fingerprint density at radius 2 is 2.19 bits per heavy atom. The molecule has 2 N–H and O–H groups in total. The molecule has 5 heteroatoms. The van der Waals surface area contributed by atoms with Crippen molar-refractivity contribution in [2.24, 2.45) is 5.73 Å². The predicted molar refractivity (Wildman–Crippen MR) is 64.7 cm³/mol. The quantitative estimate of drug-likeness (QED) is 0.642. The zero-order valence-corrected chi connectivity index (χ0v) is 10.3. The SMILES string of the molecule is CSc1cc(OCC2(N)CCCC2)ncn1. The highest BCUT2D eigenvalue weighted by atomic mass is 32.2. The van der Waals surface area contributed by atoms with Crippen molar-refractivity contribution < 1.29 is 4.74 Å². The van der Waals surface area contributed by atoms with Gasteiger partial charge in [-0.25, -0.2) is 9.97 Å². The summed E-state index contributed by atoms with van der Waals surface area (Å²) in [5.74, 6) is 0.621. The molecule has 88 valence electrons. The van der Waals surface area contributed by atoms with E-state index in [1.807, 2.05) is 12.3 Å². The van der Waals surface area contributed by atoms with Gasteiger partial charge in [0.2, 0.25) is 5.88 Å². The summed E-state index contributed by atoms with van der Waals surface area (Å²) >= 11 is 1.58. The number of nitrogens with two attached hydrogens (primary N) is 1. The Labute approximate surface area is 100.0 Å². The van der Waals surface area contributed by atoms with Crippen LogP contribution in [0.1, 0.15) is 25.7 Å². The van der Waals surface area contributed by atoms with Gasteiger partial charge in [0, 0.05) is 6.07 Å². The van der Waals surface area contributed by atoms with Gasteiger partial charge in [0.15, 0.2) is 0 Å². The molecule has 0 atom stereocenters. The molecule has 2 rings (SSSR count). The van der Waals surface area contributed by atoms with Crippen LogP contribution in [0.3, 0.4) is 0 Å². The lowest BCUT2D eigenvalue weighted by molar-refractivity contribution is 0.212. The smallest absolute Gasteiger partial charge is 0.217 e. The Balaban J connectivity index is 1.93. The van der Waals surface area contributed by atoms with Crippen molar-refractivity contribution in [3.05, 3.63) is 12.4 Å². The average Bonchev–Trinajstić information content (AvgIpc) is 2.75. The maximum Gasteiger partial charge on any atom is 0.217 e. The van der Waals surface area contributed by atoms with Crippen LogP contribution in [0.5, 0.6) is 5.88 Å². The van der Waals surface area contributed by atoms with Crippen molar-refractivity contribution in [3.8, 4) is 5.88 Å². The van der Waals surface area contributed by atoms with Crippen molar-refractivity contribution in [2.45, 2.75) is 36.2 Å². The molecule has 1 aromatic heterocycles. The maximum absolute atomic E-state index is 6.20. The van der Waals surface area contributed by atoms with Crippen LogP contribution >= 0.6 is 11.8 Å². The Hall–Kier alpha value is -0.810. The molecule has 1 heterocycles. The first kappa shape index (κ1) is 11.7. The number of aromatic nitrogens is 2. The summed E-state index contributed by atoms with van der Waals surface area (Å²) < 4.78 is 5.65. The van der Waals surface area contributed by atoms with Gasteiger partial charge >= 0.3 is 0 Å². The highest BCUT2D eigenvalue weighted by molar-refractivity contribution is 7.98. The predicted octanol–water partition coefficient (Wildman–Crippen LogP) is 1.85. The summed E-state index contributed by atoms with van der Waals surface area (Å²) in [4.78, 5) is 8.17. The van der Waals surface area contributed by atoms with E-state index < -0.39 is 0 Å². The molecule has 16 heavy (non-hydrogen) atoms. The highest BCUT2D eigenvalue weighted by Gasteiger charge is 2.30. The summed E-state index contributed by atoms with van der Waals surface area (Å²) in [6, 6.07) is 1.85. The van der Waals surface area contributed by atoms with Crippen LogP contribution in [-0.2, 0) is 0 Å². The van der Waals surface area contributed by atoms with E-state index in [2.05, 4.69) is 9.97 Å². The minimum Gasteiger partial charge on any atom is -0.476 e. The molecule has 4 nitrogen and oxygen atoms in total. The van der Waals surface area contributed by atoms with Gasteiger partial charge in [0.25, 0.3) is 0 Å². The Bertz CT molecular complexity index is 353. The molecule has 0 aliphatic heterocycles. The van der Waals surface area contributed by atoms with Crippen molar-refractivity contribution in [1.29, 1.82) is 0 Å². The van der Waals surface area contributed by atoms with E-state index in [4.69, 9.17) is 10.5 Å². The highest BCUT2D eigenvalue weighted by Crippen LogP contribution is 2.27. The van der Waals surface area contributed by atoms with Crippen LogP contribution in [0.15, 0.2) is 17.4 Å². The van der Waals surface area contributed by atoms with Crippen LogP contribution in [0.2, 0.25) is 0 Å². The lowest BCUT2D eigenvalue weighted by Gasteiger charge is -2.23. The summed E-state index contributed by atoms with van der Waals surface area (Å²) in [7, 11) is 0. The van der Waals surface area contributed by atoms with Gasteiger partial charge in [-0.05, 0) is 19.1 Å². The van der Waals surface area contributed by atoms with Crippen molar-refractivity contribution >= 4 is 11.8 Å². The normalized spacial score (nSPS) is 18.6. The molecule has 0 radical (unpaired) electrons. The fourth-order valence-corrected chi connectivity index (χ4v) is 2.33. The summed E-state index contributed by atoms with van der Waals surface area (Å²) in [5, 5.41) is 0.919. The van der Waals surface area contributed by atoms with Gasteiger partial charge in [-0.1, -0.05) is 12.8 Å². The van der Waals surface area contributed by atoms with Crippen LogP contribution in [0.4, 0.5) is 0 Å². The van der Waals surface area contributed by atoms with Gasteiger partial charge in [-0.2, -0.15) is 0 Å². The molecule has 0 amide bonds. The van der Waals surface area contributed by atoms with E-state index in [1.54, 1.807) is 11.8 Å². The van der Waals surface area contributed by atoms with Gasteiger partial charge in [-0.3, -0.25) is 0 Å². The van der Waals surface area contributed by atoms with Crippen LogP contribution < -0.4 is 10.5 Å². The minimum absolute atomic E-state index is 0.148. The second kappa shape index (κ2) is 5.01. The molecule has 0 bridgehead atoms. The monoisotopic (exact) mass is 239 g/mol. The Morgan fingerprint density at radius 1 is 1.44 bits per heavy atom. The zero-order chi connectivity index (χ0) is 11.4. The molecule has 1 saturated carbocycles. The molecule has 1 aliphatic rings. The average molecular weight is 239 g/mol. The van der Waals surface area contributed by atoms with E-state index in [-0.39, 0.29) is 5.54 Å². The fourth-order valence-electron chi connectivity index (χ4n) is 1.95. The lowest BCUT2D eigenvalue weighted by atomic mass is 10.0. The second-order valence-corrected chi connectivity index (χ2v) is 5.08. The largest absolute Gasteiger partial charge is 0.476 e. The number of thioether (sulfide) groups is 1. The van der Waals surface area contributed by atoms with E-state index in [0.29, 0.717) is 12.5 Å². The Morgan fingerprint density at radius 3 is 2.88 bits per heavy atom. The number of ether oxygens (including phenoxy) is 1. The molecule has 1 fully saturated rings. The van der Waals surface area contributed by atoms with E-state index >= 15 is 0 Å². The first-order chi connectivity index (χ1) is 7.72. The molecule has 0 saturated heterocycles. The molecule has 0 spiro atoms. The zero-order valence-electron chi connectivity index (χ0n) is 9.48. The van der Waals surface area contributed by atoms with Crippen molar-refractivity contribution in [1.82, 2.24) is 9.97 Å². The van der Waals surface area contributed by atoms with E-state index in [9.17, 15) is 0 Å². The van der Waals surface area contributed by atoms with Crippen LogP contribution in [0, 0.1) is 0 Å². The molecular weight excluding hydrogens is 222 g/mol. The first-order valence-corrected chi connectivity index (χ1v) is 6.72. The van der Waals surface area contributed by atoms with Gasteiger partial charge in [0.05, 0.1) is 5.54 Å². The molecule has 1 aromatic rings. The number of hydrogen-bond donors (Lipinski definition) is 1. The molecule has 1 aliphatic carbocycles. The number of hydrogen-bond acceptors (Lipinski definition) is 5. The van der Waals surface area contributed by atoms with Crippen molar-refractivity contribution in [2.75, 3.05) is 12.9 Å².